The molecule has 0 aliphatic carbocycles. The van der Waals surface area contributed by atoms with Crippen molar-refractivity contribution in [2.75, 3.05) is 13.1 Å². The maximum atomic E-state index is 11.6. The largest absolute Gasteiger partial charge is 0.349 e. The SMILES string of the molecule is CCN[C@H](C)CNC(=O)c1ccccn1. The Kier molecular flexibility index (Phi) is 4.77. The number of rotatable bonds is 5. The van der Waals surface area contributed by atoms with Gasteiger partial charge in [0.1, 0.15) is 5.69 Å². The molecule has 2 N–H and O–H groups in total. The summed E-state index contributed by atoms with van der Waals surface area (Å²) in [7, 11) is 0. The van der Waals surface area contributed by atoms with Crippen molar-refractivity contribution in [3.63, 3.8) is 0 Å². The van der Waals surface area contributed by atoms with E-state index in [1.165, 1.54) is 0 Å². The zero-order valence-electron chi connectivity index (χ0n) is 9.16. The monoisotopic (exact) mass is 207 g/mol. The van der Waals surface area contributed by atoms with Crippen LogP contribution in [0.3, 0.4) is 0 Å². The minimum atomic E-state index is -0.125. The molecule has 0 spiro atoms. The summed E-state index contributed by atoms with van der Waals surface area (Å²) in [5.41, 5.74) is 0.459. The van der Waals surface area contributed by atoms with Crippen molar-refractivity contribution in [2.45, 2.75) is 19.9 Å². The molecule has 0 radical (unpaired) electrons. The maximum Gasteiger partial charge on any atom is 0.269 e. The average Bonchev–Trinajstić information content (AvgIpc) is 2.27. The summed E-state index contributed by atoms with van der Waals surface area (Å²) in [5, 5.41) is 6.04. The second-order valence-corrected chi connectivity index (χ2v) is 3.38. The lowest BCUT2D eigenvalue weighted by molar-refractivity contribution is 0.0945. The molecular weight excluding hydrogens is 190 g/mol. The first-order valence-electron chi connectivity index (χ1n) is 5.16. The van der Waals surface area contributed by atoms with Crippen LogP contribution >= 0.6 is 0 Å². The van der Waals surface area contributed by atoms with Gasteiger partial charge in [-0.05, 0) is 25.6 Å². The minimum absolute atomic E-state index is 0.125. The van der Waals surface area contributed by atoms with Crippen molar-refractivity contribution in [2.24, 2.45) is 0 Å². The van der Waals surface area contributed by atoms with Crippen LogP contribution in [0.4, 0.5) is 0 Å². The Morgan fingerprint density at radius 2 is 2.33 bits per heavy atom. The molecule has 1 aromatic heterocycles. The molecule has 0 saturated heterocycles. The van der Waals surface area contributed by atoms with Crippen LogP contribution in [0.2, 0.25) is 0 Å². The first kappa shape index (κ1) is 11.7. The Morgan fingerprint density at radius 3 is 2.93 bits per heavy atom. The zero-order chi connectivity index (χ0) is 11.1. The quantitative estimate of drug-likeness (QED) is 0.751. The molecule has 0 unspecified atom stereocenters. The van der Waals surface area contributed by atoms with Crippen LogP contribution in [-0.2, 0) is 0 Å². The van der Waals surface area contributed by atoms with Gasteiger partial charge in [-0.15, -0.1) is 0 Å². The van der Waals surface area contributed by atoms with Gasteiger partial charge in [0.05, 0.1) is 0 Å². The Bertz CT molecular complexity index is 300. The summed E-state index contributed by atoms with van der Waals surface area (Å²) < 4.78 is 0. The second kappa shape index (κ2) is 6.14. The number of nitrogens with one attached hydrogen (secondary N) is 2. The third kappa shape index (κ3) is 4.08. The predicted molar refractivity (Wildman–Crippen MR) is 59.7 cm³/mol. The van der Waals surface area contributed by atoms with Crippen LogP contribution in [0.25, 0.3) is 0 Å². The van der Waals surface area contributed by atoms with Gasteiger partial charge in [0.15, 0.2) is 0 Å². The van der Waals surface area contributed by atoms with Crippen LogP contribution < -0.4 is 10.6 Å². The third-order valence-electron chi connectivity index (χ3n) is 2.02. The Hall–Kier alpha value is -1.42. The van der Waals surface area contributed by atoms with E-state index >= 15 is 0 Å². The van der Waals surface area contributed by atoms with Gasteiger partial charge in [-0.2, -0.15) is 0 Å². The van der Waals surface area contributed by atoms with Crippen molar-refractivity contribution in [1.29, 1.82) is 0 Å². The smallest absolute Gasteiger partial charge is 0.269 e. The lowest BCUT2D eigenvalue weighted by Gasteiger charge is -2.12. The molecule has 0 bridgehead atoms. The molecule has 1 amide bonds. The summed E-state index contributed by atoms with van der Waals surface area (Å²) in [6.45, 7) is 5.59. The molecule has 1 rings (SSSR count). The van der Waals surface area contributed by atoms with E-state index in [1.807, 2.05) is 13.8 Å². The third-order valence-corrected chi connectivity index (χ3v) is 2.02. The van der Waals surface area contributed by atoms with E-state index in [2.05, 4.69) is 15.6 Å². The molecule has 0 fully saturated rings. The molecular formula is C11H17N3O. The molecule has 15 heavy (non-hydrogen) atoms. The fourth-order valence-electron chi connectivity index (χ4n) is 1.25. The Balaban J connectivity index is 2.37. The number of hydrogen-bond donors (Lipinski definition) is 2. The minimum Gasteiger partial charge on any atom is -0.349 e. The number of nitrogens with zero attached hydrogens (tertiary/aromatic N) is 1. The van der Waals surface area contributed by atoms with Crippen LogP contribution in [0.5, 0.6) is 0 Å². The fraction of sp³-hybridized carbons (Fsp3) is 0.455. The van der Waals surface area contributed by atoms with E-state index in [1.54, 1.807) is 24.4 Å². The number of likely N-dealkylation sites (N-methyl/N-ethyl adjacent to an activating group) is 1. The number of amides is 1. The highest BCUT2D eigenvalue weighted by molar-refractivity contribution is 5.92. The second-order valence-electron chi connectivity index (χ2n) is 3.38. The highest BCUT2D eigenvalue weighted by Gasteiger charge is 2.06. The highest BCUT2D eigenvalue weighted by Crippen LogP contribution is 1.92. The van der Waals surface area contributed by atoms with Gasteiger partial charge in [0, 0.05) is 18.8 Å². The van der Waals surface area contributed by atoms with E-state index in [4.69, 9.17) is 0 Å². The molecule has 4 heteroatoms. The predicted octanol–water partition coefficient (Wildman–Crippen LogP) is 0.809. The van der Waals surface area contributed by atoms with Crippen molar-refractivity contribution in [1.82, 2.24) is 15.6 Å². The topological polar surface area (TPSA) is 54.0 Å². The Labute approximate surface area is 90.1 Å². The highest BCUT2D eigenvalue weighted by atomic mass is 16.1. The van der Waals surface area contributed by atoms with Crippen molar-refractivity contribution >= 4 is 5.91 Å². The van der Waals surface area contributed by atoms with Crippen molar-refractivity contribution < 1.29 is 4.79 Å². The summed E-state index contributed by atoms with van der Waals surface area (Å²) in [5.74, 6) is -0.125. The summed E-state index contributed by atoms with van der Waals surface area (Å²) in [4.78, 5) is 15.5. The summed E-state index contributed by atoms with van der Waals surface area (Å²) in [6.07, 6.45) is 1.61. The van der Waals surface area contributed by atoms with E-state index in [0.29, 0.717) is 12.2 Å². The van der Waals surface area contributed by atoms with E-state index in [-0.39, 0.29) is 11.9 Å². The van der Waals surface area contributed by atoms with Gasteiger partial charge in [-0.25, -0.2) is 0 Å². The number of aromatic nitrogens is 1. The van der Waals surface area contributed by atoms with E-state index in [0.717, 1.165) is 6.54 Å². The molecule has 0 aromatic carbocycles. The molecule has 0 aliphatic rings. The van der Waals surface area contributed by atoms with Gasteiger partial charge >= 0.3 is 0 Å². The van der Waals surface area contributed by atoms with Crippen LogP contribution in [0.15, 0.2) is 24.4 Å². The molecule has 82 valence electrons. The fourth-order valence-corrected chi connectivity index (χ4v) is 1.25. The molecule has 1 atom stereocenters. The van der Waals surface area contributed by atoms with E-state index in [9.17, 15) is 4.79 Å². The lowest BCUT2D eigenvalue weighted by Crippen LogP contribution is -2.39. The van der Waals surface area contributed by atoms with Crippen molar-refractivity contribution in [3.05, 3.63) is 30.1 Å². The summed E-state index contributed by atoms with van der Waals surface area (Å²) >= 11 is 0. The first-order valence-corrected chi connectivity index (χ1v) is 5.16. The Morgan fingerprint density at radius 1 is 1.53 bits per heavy atom. The van der Waals surface area contributed by atoms with Crippen molar-refractivity contribution in [3.8, 4) is 0 Å². The van der Waals surface area contributed by atoms with E-state index < -0.39 is 0 Å². The van der Waals surface area contributed by atoms with Crippen LogP contribution in [0.1, 0.15) is 24.3 Å². The summed E-state index contributed by atoms with van der Waals surface area (Å²) in [6, 6.07) is 5.57. The molecule has 1 aromatic rings. The molecule has 0 saturated carbocycles. The number of carbonyl (C=O) groups excluding carboxylic acids is 1. The number of hydrogen-bond acceptors (Lipinski definition) is 3. The number of carbonyl (C=O) groups is 1. The lowest BCUT2D eigenvalue weighted by atomic mass is 10.3. The van der Waals surface area contributed by atoms with Gasteiger partial charge < -0.3 is 10.6 Å². The molecule has 0 aliphatic heterocycles. The maximum absolute atomic E-state index is 11.6. The van der Waals surface area contributed by atoms with Crippen LogP contribution in [0, 0.1) is 0 Å². The van der Waals surface area contributed by atoms with Crippen LogP contribution in [-0.4, -0.2) is 30.0 Å². The standard InChI is InChI=1S/C11H17N3O/c1-3-12-9(2)8-14-11(15)10-6-4-5-7-13-10/h4-7,9,12H,3,8H2,1-2H3,(H,14,15)/t9-/m1/s1. The molecule has 1 heterocycles. The zero-order valence-corrected chi connectivity index (χ0v) is 9.16. The normalized spacial score (nSPS) is 12.1. The van der Waals surface area contributed by atoms with Gasteiger partial charge in [-0.3, -0.25) is 9.78 Å². The number of pyridine rings is 1. The van der Waals surface area contributed by atoms with Gasteiger partial charge in [0.25, 0.3) is 5.91 Å². The average molecular weight is 207 g/mol. The first-order chi connectivity index (χ1) is 7.24. The van der Waals surface area contributed by atoms with Gasteiger partial charge in [0.2, 0.25) is 0 Å². The molecule has 4 nitrogen and oxygen atoms in total. The van der Waals surface area contributed by atoms with Gasteiger partial charge in [-0.1, -0.05) is 13.0 Å².